The van der Waals surface area contributed by atoms with Crippen molar-refractivity contribution in [1.29, 1.82) is 0 Å². The van der Waals surface area contributed by atoms with E-state index < -0.39 is 11.7 Å². The molecule has 1 aromatic heterocycles. The van der Waals surface area contributed by atoms with Gasteiger partial charge in [0.15, 0.2) is 17.4 Å². The highest BCUT2D eigenvalue weighted by molar-refractivity contribution is 6.31. The van der Waals surface area contributed by atoms with Crippen molar-refractivity contribution in [1.82, 2.24) is 9.97 Å². The summed E-state index contributed by atoms with van der Waals surface area (Å²) in [5, 5.41) is -0.363. The number of hydrogen-bond acceptors (Lipinski definition) is 6. The molecular formula is C20H22ClF3N4O2. The Balaban J connectivity index is 1.70. The van der Waals surface area contributed by atoms with E-state index >= 15 is 0 Å². The van der Waals surface area contributed by atoms with Crippen molar-refractivity contribution in [2.24, 2.45) is 11.7 Å². The molecule has 3 heterocycles. The third-order valence-corrected chi connectivity index (χ3v) is 5.70. The zero-order valence-corrected chi connectivity index (χ0v) is 16.9. The van der Waals surface area contributed by atoms with Crippen molar-refractivity contribution in [3.8, 4) is 17.1 Å². The second kappa shape index (κ2) is 8.56. The summed E-state index contributed by atoms with van der Waals surface area (Å²) >= 11 is 5.74. The van der Waals surface area contributed by atoms with Gasteiger partial charge in [0.25, 0.3) is 0 Å². The Kier molecular flexibility index (Phi) is 6.04. The van der Waals surface area contributed by atoms with E-state index in [1.165, 1.54) is 18.3 Å². The molecule has 2 aromatic rings. The molecule has 2 N–H and O–H groups in total. The number of alkyl halides is 3. The van der Waals surface area contributed by atoms with Crippen LogP contribution in [0.1, 0.15) is 18.4 Å². The summed E-state index contributed by atoms with van der Waals surface area (Å²) in [5.74, 6) is 1.57. The van der Waals surface area contributed by atoms with Gasteiger partial charge in [0.2, 0.25) is 0 Å². The number of hydrogen-bond donors (Lipinski definition) is 1. The van der Waals surface area contributed by atoms with E-state index in [9.17, 15) is 13.2 Å². The first kappa shape index (κ1) is 21.1. The Morgan fingerprint density at radius 3 is 2.80 bits per heavy atom. The molecule has 6 nitrogen and oxygen atoms in total. The number of ether oxygens (including phenoxy) is 2. The number of nitrogens with zero attached hydrogens (tertiary/aromatic N) is 3. The number of halogens is 4. The molecule has 2 saturated heterocycles. The first-order valence-electron chi connectivity index (χ1n) is 9.78. The molecule has 30 heavy (non-hydrogen) atoms. The molecule has 0 amide bonds. The normalized spacial score (nSPS) is 22.0. The first-order valence-corrected chi connectivity index (χ1v) is 10.2. The molecule has 0 spiro atoms. The highest BCUT2D eigenvalue weighted by Gasteiger charge is 2.34. The average molecular weight is 443 g/mol. The third kappa shape index (κ3) is 4.48. The van der Waals surface area contributed by atoms with Gasteiger partial charge in [0.1, 0.15) is 6.10 Å². The minimum absolute atomic E-state index is 0.0986. The lowest BCUT2D eigenvalue weighted by Crippen LogP contribution is -2.26. The van der Waals surface area contributed by atoms with Gasteiger partial charge in [-0.2, -0.15) is 13.2 Å². The highest BCUT2D eigenvalue weighted by atomic mass is 35.5. The van der Waals surface area contributed by atoms with Crippen LogP contribution in [-0.4, -0.2) is 48.9 Å². The summed E-state index contributed by atoms with van der Waals surface area (Å²) in [6, 6.07) is 3.66. The lowest BCUT2D eigenvalue weighted by atomic mass is 10.1. The van der Waals surface area contributed by atoms with Gasteiger partial charge in [0, 0.05) is 25.1 Å². The monoisotopic (exact) mass is 442 g/mol. The number of benzene rings is 1. The summed E-state index contributed by atoms with van der Waals surface area (Å²) in [7, 11) is 0. The fraction of sp³-hybridized carbons (Fsp3) is 0.500. The molecule has 162 valence electrons. The van der Waals surface area contributed by atoms with Crippen LogP contribution in [0.25, 0.3) is 11.4 Å². The van der Waals surface area contributed by atoms with Gasteiger partial charge in [-0.25, -0.2) is 9.97 Å². The fourth-order valence-corrected chi connectivity index (χ4v) is 3.92. The van der Waals surface area contributed by atoms with Gasteiger partial charge in [-0.3, -0.25) is 0 Å². The van der Waals surface area contributed by atoms with Crippen molar-refractivity contribution in [3.05, 3.63) is 35.0 Å². The second-order valence-corrected chi connectivity index (χ2v) is 7.92. The topological polar surface area (TPSA) is 73.5 Å². The molecular weight excluding hydrogens is 421 g/mol. The zero-order valence-electron chi connectivity index (χ0n) is 16.2. The Hall–Kier alpha value is -2.10. The average Bonchev–Trinajstić information content (AvgIpc) is 3.40. The molecule has 1 aromatic carbocycles. The largest absolute Gasteiger partial charge is 0.482 e. The van der Waals surface area contributed by atoms with Crippen molar-refractivity contribution < 1.29 is 22.6 Å². The van der Waals surface area contributed by atoms with Crippen LogP contribution in [0.4, 0.5) is 19.0 Å². The van der Waals surface area contributed by atoms with E-state index in [1.807, 2.05) is 0 Å². The van der Waals surface area contributed by atoms with E-state index in [2.05, 4.69) is 14.9 Å². The summed E-state index contributed by atoms with van der Waals surface area (Å²) < 4.78 is 51.2. The second-order valence-electron chi connectivity index (χ2n) is 7.51. The molecule has 2 aliphatic heterocycles. The van der Waals surface area contributed by atoms with Crippen LogP contribution in [0.2, 0.25) is 5.02 Å². The summed E-state index contributed by atoms with van der Waals surface area (Å²) in [4.78, 5) is 10.9. The smallest absolute Gasteiger partial charge is 0.417 e. The van der Waals surface area contributed by atoms with Crippen LogP contribution >= 0.6 is 11.6 Å². The van der Waals surface area contributed by atoms with Crippen molar-refractivity contribution in [3.63, 3.8) is 0 Å². The summed E-state index contributed by atoms with van der Waals surface area (Å²) in [5.41, 5.74) is 5.13. The van der Waals surface area contributed by atoms with Gasteiger partial charge in [-0.1, -0.05) is 11.6 Å². The maximum Gasteiger partial charge on any atom is 0.417 e. The van der Waals surface area contributed by atoms with Gasteiger partial charge < -0.3 is 20.1 Å². The predicted octanol–water partition coefficient (Wildman–Crippen LogP) is 3.77. The summed E-state index contributed by atoms with van der Waals surface area (Å²) in [6.07, 6.45) is -1.46. The van der Waals surface area contributed by atoms with Gasteiger partial charge >= 0.3 is 6.18 Å². The quantitative estimate of drug-likeness (QED) is 0.760. The van der Waals surface area contributed by atoms with Crippen LogP contribution in [0.3, 0.4) is 0 Å². The minimum atomic E-state index is -4.56. The maximum absolute atomic E-state index is 13.3. The van der Waals surface area contributed by atoms with Crippen LogP contribution < -0.4 is 15.4 Å². The van der Waals surface area contributed by atoms with Crippen LogP contribution in [0.5, 0.6) is 5.75 Å². The van der Waals surface area contributed by atoms with Gasteiger partial charge in [-0.15, -0.1) is 0 Å². The lowest BCUT2D eigenvalue weighted by Gasteiger charge is -2.23. The standard InChI is InChI=1S/C20H22ClF3N4O2/c21-16-2-1-13(7-15(16)20(22,23)24)18-26-9-17(30-14-4-6-29-11-14)19(27-18)28-5-3-12(8-25)10-28/h1-2,7,9,12,14H,3-6,8,10-11,25H2. The predicted molar refractivity (Wildman–Crippen MR) is 107 cm³/mol. The van der Waals surface area contributed by atoms with E-state index in [1.54, 1.807) is 0 Å². The molecule has 2 atom stereocenters. The van der Waals surface area contributed by atoms with Crippen LogP contribution in [0.15, 0.2) is 24.4 Å². The Labute approximate surface area is 177 Å². The van der Waals surface area contributed by atoms with Gasteiger partial charge in [-0.05, 0) is 37.1 Å². The van der Waals surface area contributed by atoms with Crippen molar-refractivity contribution >= 4 is 17.4 Å². The molecule has 0 saturated carbocycles. The zero-order chi connectivity index (χ0) is 21.3. The fourth-order valence-electron chi connectivity index (χ4n) is 3.69. The molecule has 2 aliphatic rings. The minimum Gasteiger partial charge on any atom is -0.482 e. The molecule has 2 fully saturated rings. The van der Waals surface area contributed by atoms with Crippen molar-refractivity contribution in [2.75, 3.05) is 37.7 Å². The van der Waals surface area contributed by atoms with E-state index in [0.29, 0.717) is 43.8 Å². The van der Waals surface area contributed by atoms with Crippen LogP contribution in [0, 0.1) is 5.92 Å². The maximum atomic E-state index is 13.3. The molecule has 10 heteroatoms. The Bertz CT molecular complexity index is 906. The number of rotatable bonds is 5. The molecule has 0 aliphatic carbocycles. The Morgan fingerprint density at radius 2 is 2.13 bits per heavy atom. The number of anilines is 1. The number of aromatic nitrogens is 2. The SMILES string of the molecule is NCC1CCN(c2nc(-c3ccc(Cl)c(C(F)(F)F)c3)ncc2OC2CCOC2)C1. The molecule has 2 unspecified atom stereocenters. The number of nitrogens with two attached hydrogens (primary N) is 1. The lowest BCUT2D eigenvalue weighted by molar-refractivity contribution is -0.137. The van der Waals surface area contributed by atoms with Crippen LogP contribution in [-0.2, 0) is 10.9 Å². The summed E-state index contributed by atoms with van der Waals surface area (Å²) in [6.45, 7) is 3.12. The van der Waals surface area contributed by atoms with E-state index in [-0.39, 0.29) is 22.5 Å². The van der Waals surface area contributed by atoms with E-state index in [4.69, 9.17) is 26.8 Å². The molecule has 0 bridgehead atoms. The van der Waals surface area contributed by atoms with E-state index in [0.717, 1.165) is 25.5 Å². The molecule has 4 rings (SSSR count). The van der Waals surface area contributed by atoms with Crippen molar-refractivity contribution in [2.45, 2.75) is 25.1 Å². The third-order valence-electron chi connectivity index (χ3n) is 5.37. The first-order chi connectivity index (χ1) is 14.3. The Morgan fingerprint density at radius 1 is 1.30 bits per heavy atom. The highest BCUT2D eigenvalue weighted by Crippen LogP contribution is 2.38. The van der Waals surface area contributed by atoms with Gasteiger partial charge in [0.05, 0.1) is 30.0 Å². The molecule has 0 radical (unpaired) electrons.